The Balaban J connectivity index is 1.50. The summed E-state index contributed by atoms with van der Waals surface area (Å²) in [7, 11) is 0. The van der Waals surface area contributed by atoms with Gasteiger partial charge in [0.15, 0.2) is 5.78 Å². The summed E-state index contributed by atoms with van der Waals surface area (Å²) < 4.78 is 0. The number of imide groups is 1. The van der Waals surface area contributed by atoms with E-state index in [-0.39, 0.29) is 41.4 Å². The van der Waals surface area contributed by atoms with Gasteiger partial charge < -0.3 is 0 Å². The summed E-state index contributed by atoms with van der Waals surface area (Å²) in [6, 6.07) is 15.9. The van der Waals surface area contributed by atoms with Crippen molar-refractivity contribution in [2.45, 2.75) is 18.9 Å². The second-order valence-corrected chi connectivity index (χ2v) is 7.56. The number of nitrogens with zero attached hydrogens (tertiary/aromatic N) is 1. The minimum atomic E-state index is -0.353. The van der Waals surface area contributed by atoms with Gasteiger partial charge in [0.05, 0.1) is 17.2 Å². The van der Waals surface area contributed by atoms with Crippen LogP contribution in [0, 0.1) is 17.8 Å². The third kappa shape index (κ3) is 2.33. The number of benzene rings is 2. The maximum Gasteiger partial charge on any atom is 0.262 e. The fraction of sp³-hybridized carbons (Fsp3) is 0.261. The Labute approximate surface area is 157 Å². The highest BCUT2D eigenvalue weighted by atomic mass is 16.2. The minimum absolute atomic E-state index is 0.0186. The van der Waals surface area contributed by atoms with E-state index in [9.17, 15) is 14.4 Å². The number of amides is 2. The molecule has 2 aliphatic carbocycles. The molecule has 0 radical (unpaired) electrons. The van der Waals surface area contributed by atoms with Gasteiger partial charge in [0.25, 0.3) is 11.8 Å². The molecule has 1 saturated carbocycles. The lowest BCUT2D eigenvalue weighted by molar-refractivity contribution is 0.0517. The lowest BCUT2D eigenvalue weighted by Crippen LogP contribution is -2.47. The highest BCUT2D eigenvalue weighted by Gasteiger charge is 2.51. The van der Waals surface area contributed by atoms with Crippen molar-refractivity contribution in [3.63, 3.8) is 0 Å². The Hall–Kier alpha value is -3.01. The number of ketones is 1. The fourth-order valence-electron chi connectivity index (χ4n) is 5.00. The van der Waals surface area contributed by atoms with Crippen LogP contribution in [0.1, 0.15) is 43.9 Å². The van der Waals surface area contributed by atoms with Gasteiger partial charge in [-0.3, -0.25) is 19.3 Å². The molecule has 4 heteroatoms. The van der Waals surface area contributed by atoms with Crippen LogP contribution >= 0.6 is 0 Å². The maximum absolute atomic E-state index is 13.2. The van der Waals surface area contributed by atoms with Crippen LogP contribution in [0.4, 0.5) is 0 Å². The van der Waals surface area contributed by atoms with Crippen molar-refractivity contribution < 1.29 is 14.4 Å². The molecule has 27 heavy (non-hydrogen) atoms. The van der Waals surface area contributed by atoms with Crippen LogP contribution in [0.3, 0.4) is 0 Å². The van der Waals surface area contributed by atoms with Gasteiger partial charge in [-0.05, 0) is 36.8 Å². The average Bonchev–Trinajstić information content (AvgIpc) is 3.16. The molecule has 3 aliphatic rings. The van der Waals surface area contributed by atoms with Crippen molar-refractivity contribution in [1.82, 2.24) is 4.90 Å². The molecule has 2 aromatic carbocycles. The predicted octanol–water partition coefficient (Wildman–Crippen LogP) is 3.75. The standard InChI is InChI=1S/C23H19NO3/c25-21(15-6-2-1-3-7-15)20-14-10-12-18(20)19(13-11-14)24-22(26)16-8-4-5-9-17(16)23(24)27/h1-9,11,13-14,18-20H,10,12H2/t14?,18?,19-,20?/m1/s1. The third-order valence-electron chi connectivity index (χ3n) is 6.23. The zero-order valence-corrected chi connectivity index (χ0v) is 14.7. The Morgan fingerprint density at radius 2 is 1.44 bits per heavy atom. The molecular formula is C23H19NO3. The first-order chi connectivity index (χ1) is 13.2. The van der Waals surface area contributed by atoms with E-state index in [1.807, 2.05) is 42.5 Å². The van der Waals surface area contributed by atoms with Crippen LogP contribution in [0.25, 0.3) is 0 Å². The summed E-state index contributed by atoms with van der Waals surface area (Å²) in [5, 5.41) is 0. The molecule has 1 heterocycles. The molecule has 2 amide bonds. The van der Waals surface area contributed by atoms with E-state index in [1.54, 1.807) is 24.3 Å². The number of allylic oxidation sites excluding steroid dienone is 1. The third-order valence-corrected chi connectivity index (χ3v) is 6.23. The summed E-state index contributed by atoms with van der Waals surface area (Å²) in [6.07, 6.45) is 5.78. The van der Waals surface area contributed by atoms with Crippen LogP contribution in [0.15, 0.2) is 66.7 Å². The zero-order chi connectivity index (χ0) is 18.5. The number of hydrogen-bond acceptors (Lipinski definition) is 3. The number of carbonyl (C=O) groups excluding carboxylic acids is 3. The van der Waals surface area contributed by atoms with Crippen LogP contribution in [-0.4, -0.2) is 28.5 Å². The second-order valence-electron chi connectivity index (χ2n) is 7.56. The smallest absolute Gasteiger partial charge is 0.262 e. The van der Waals surface area contributed by atoms with Crippen molar-refractivity contribution in [3.05, 3.63) is 83.4 Å². The van der Waals surface area contributed by atoms with Crippen molar-refractivity contribution in [2.75, 3.05) is 0 Å². The van der Waals surface area contributed by atoms with Crippen molar-refractivity contribution in [1.29, 1.82) is 0 Å². The van der Waals surface area contributed by atoms with Gasteiger partial charge in [-0.15, -0.1) is 0 Å². The lowest BCUT2D eigenvalue weighted by atomic mass is 9.75. The van der Waals surface area contributed by atoms with Gasteiger partial charge in [0, 0.05) is 11.5 Å². The van der Waals surface area contributed by atoms with Crippen LogP contribution in [0.2, 0.25) is 0 Å². The monoisotopic (exact) mass is 357 g/mol. The second kappa shape index (κ2) is 6.02. The van der Waals surface area contributed by atoms with Crippen LogP contribution in [0.5, 0.6) is 0 Å². The molecule has 4 nitrogen and oxygen atoms in total. The number of carbonyl (C=O) groups is 3. The fourth-order valence-corrected chi connectivity index (χ4v) is 5.00. The highest BCUT2D eigenvalue weighted by molar-refractivity contribution is 6.21. The van der Waals surface area contributed by atoms with E-state index >= 15 is 0 Å². The van der Waals surface area contributed by atoms with E-state index in [0.29, 0.717) is 16.7 Å². The molecule has 0 N–H and O–H groups in total. The first-order valence-corrected chi connectivity index (χ1v) is 9.41. The number of hydrogen-bond donors (Lipinski definition) is 0. The van der Waals surface area contributed by atoms with E-state index in [4.69, 9.17) is 0 Å². The van der Waals surface area contributed by atoms with E-state index in [0.717, 1.165) is 12.8 Å². The minimum Gasteiger partial charge on any atom is -0.294 e. The molecule has 0 saturated heterocycles. The van der Waals surface area contributed by atoms with Crippen molar-refractivity contribution in [2.24, 2.45) is 17.8 Å². The summed E-state index contributed by atoms with van der Waals surface area (Å²) in [4.78, 5) is 40.4. The average molecular weight is 357 g/mol. The lowest BCUT2D eigenvalue weighted by Gasteiger charge is -2.36. The molecule has 1 aliphatic heterocycles. The Morgan fingerprint density at radius 1 is 0.815 bits per heavy atom. The molecular weight excluding hydrogens is 338 g/mol. The zero-order valence-electron chi connectivity index (χ0n) is 14.7. The Morgan fingerprint density at radius 3 is 2.11 bits per heavy atom. The van der Waals surface area contributed by atoms with Crippen molar-refractivity contribution in [3.8, 4) is 0 Å². The largest absolute Gasteiger partial charge is 0.294 e. The molecule has 0 aromatic heterocycles. The molecule has 3 unspecified atom stereocenters. The van der Waals surface area contributed by atoms with Crippen LogP contribution < -0.4 is 0 Å². The van der Waals surface area contributed by atoms with Gasteiger partial charge in [0.2, 0.25) is 0 Å². The summed E-state index contributed by atoms with van der Waals surface area (Å²) >= 11 is 0. The van der Waals surface area contributed by atoms with Crippen LogP contribution in [-0.2, 0) is 0 Å². The molecule has 2 bridgehead atoms. The number of rotatable bonds is 3. The van der Waals surface area contributed by atoms with Gasteiger partial charge in [-0.1, -0.05) is 54.6 Å². The summed E-state index contributed by atoms with van der Waals surface area (Å²) in [5.41, 5.74) is 1.62. The normalized spacial score (nSPS) is 28.5. The molecule has 5 rings (SSSR count). The molecule has 4 atom stereocenters. The molecule has 1 fully saturated rings. The van der Waals surface area contributed by atoms with Gasteiger partial charge in [0.1, 0.15) is 0 Å². The first-order valence-electron chi connectivity index (χ1n) is 9.41. The molecule has 0 spiro atoms. The quantitative estimate of drug-likeness (QED) is 0.478. The van der Waals surface area contributed by atoms with Gasteiger partial charge >= 0.3 is 0 Å². The first kappa shape index (κ1) is 16.2. The van der Waals surface area contributed by atoms with E-state index in [1.165, 1.54) is 4.90 Å². The maximum atomic E-state index is 13.2. The summed E-state index contributed by atoms with van der Waals surface area (Å²) in [5.74, 6) is -0.382. The predicted molar refractivity (Wildman–Crippen MR) is 100 cm³/mol. The number of Topliss-reactive ketones (excluding diaryl/α,β-unsaturated/α-hetero) is 1. The van der Waals surface area contributed by atoms with Gasteiger partial charge in [-0.25, -0.2) is 0 Å². The Kier molecular flexibility index (Phi) is 3.61. The highest BCUT2D eigenvalue weighted by Crippen LogP contribution is 2.47. The SMILES string of the molecule is O=C(c1ccccc1)C1C2C=C[C@@H](N3C(=O)c4ccccc4C3=O)C1CC2. The Bertz CT molecular complexity index is 943. The van der Waals surface area contributed by atoms with E-state index < -0.39 is 0 Å². The van der Waals surface area contributed by atoms with E-state index in [2.05, 4.69) is 0 Å². The number of fused-ring (bicyclic) bond motifs is 3. The molecule has 134 valence electrons. The summed E-state index contributed by atoms with van der Waals surface area (Å²) in [6.45, 7) is 0. The van der Waals surface area contributed by atoms with Crippen molar-refractivity contribution >= 4 is 17.6 Å². The molecule has 2 aromatic rings. The van der Waals surface area contributed by atoms with Gasteiger partial charge in [-0.2, -0.15) is 0 Å². The topological polar surface area (TPSA) is 54.5 Å².